The van der Waals surface area contributed by atoms with Gasteiger partial charge in [-0.1, -0.05) is 23.2 Å². The topological polar surface area (TPSA) is 117 Å². The SMILES string of the molecule is O=C(CSc1cc(Cl)nc(Cl)c1)N[C@H]1CN(S(=O)(=O)O)C1=O. The van der Waals surface area contributed by atoms with Crippen LogP contribution in [0.4, 0.5) is 0 Å². The Labute approximate surface area is 140 Å². The van der Waals surface area contributed by atoms with E-state index >= 15 is 0 Å². The minimum Gasteiger partial charge on any atom is -0.342 e. The fraction of sp³-hybridized carbons (Fsp3) is 0.300. The first-order chi connectivity index (χ1) is 10.2. The highest BCUT2D eigenvalue weighted by Crippen LogP contribution is 2.24. The number of carbonyl (C=O) groups excluding carboxylic acids is 2. The molecule has 120 valence electrons. The molecule has 2 amide bonds. The molecule has 1 aliphatic heterocycles. The quantitative estimate of drug-likeness (QED) is 0.330. The van der Waals surface area contributed by atoms with E-state index in [0.717, 1.165) is 11.8 Å². The zero-order valence-electron chi connectivity index (χ0n) is 10.7. The molecule has 0 bridgehead atoms. The van der Waals surface area contributed by atoms with E-state index in [0.29, 0.717) is 4.90 Å². The van der Waals surface area contributed by atoms with Gasteiger partial charge < -0.3 is 5.32 Å². The molecular weight excluding hydrogens is 377 g/mol. The zero-order chi connectivity index (χ0) is 16.5. The van der Waals surface area contributed by atoms with Crippen LogP contribution < -0.4 is 5.32 Å². The van der Waals surface area contributed by atoms with Crippen LogP contribution >= 0.6 is 35.0 Å². The van der Waals surface area contributed by atoms with Crippen molar-refractivity contribution >= 4 is 57.1 Å². The molecule has 1 aromatic rings. The zero-order valence-corrected chi connectivity index (χ0v) is 13.8. The number of amides is 2. The maximum atomic E-state index is 11.7. The first kappa shape index (κ1) is 17.3. The lowest BCUT2D eigenvalue weighted by Gasteiger charge is -2.35. The number of pyridine rings is 1. The average Bonchev–Trinajstić information content (AvgIpc) is 2.37. The van der Waals surface area contributed by atoms with Gasteiger partial charge in [0.25, 0.3) is 5.91 Å². The Morgan fingerprint density at radius 1 is 1.45 bits per heavy atom. The van der Waals surface area contributed by atoms with Crippen LogP contribution in [0, 0.1) is 0 Å². The Hall–Kier alpha value is -1.07. The molecule has 12 heteroatoms. The number of rotatable bonds is 5. The fourth-order valence-electron chi connectivity index (χ4n) is 1.62. The van der Waals surface area contributed by atoms with Gasteiger partial charge >= 0.3 is 10.3 Å². The molecule has 22 heavy (non-hydrogen) atoms. The van der Waals surface area contributed by atoms with Crippen molar-refractivity contribution in [3.05, 3.63) is 22.4 Å². The molecule has 1 aliphatic rings. The molecule has 2 N–H and O–H groups in total. The van der Waals surface area contributed by atoms with Crippen molar-refractivity contribution in [2.24, 2.45) is 0 Å². The Kier molecular flexibility index (Phi) is 5.17. The van der Waals surface area contributed by atoms with Gasteiger partial charge in [0.1, 0.15) is 16.3 Å². The molecule has 0 saturated carbocycles. The normalized spacial score (nSPS) is 18.0. The number of halogens is 2. The second kappa shape index (κ2) is 6.59. The van der Waals surface area contributed by atoms with Crippen LogP contribution in [0.15, 0.2) is 17.0 Å². The smallest absolute Gasteiger partial charge is 0.342 e. The van der Waals surface area contributed by atoms with Gasteiger partial charge in [0.2, 0.25) is 5.91 Å². The first-order valence-corrected chi connectivity index (χ1v) is 8.85. The minimum atomic E-state index is -4.56. The standard InChI is InChI=1S/C10H9Cl2N3O5S2/c11-7-1-5(2-8(12)14-7)21-4-9(16)13-6-3-15(10(6)17)22(18,19)20/h1-2,6H,3-4H2,(H,13,16)(H,18,19,20)/t6-/m0/s1. The van der Waals surface area contributed by atoms with Crippen molar-refractivity contribution in [2.75, 3.05) is 12.3 Å². The van der Waals surface area contributed by atoms with Gasteiger partial charge in [-0.15, -0.1) is 11.8 Å². The lowest BCUT2D eigenvalue weighted by molar-refractivity contribution is -0.140. The summed E-state index contributed by atoms with van der Waals surface area (Å²) in [5.41, 5.74) is 0. The first-order valence-electron chi connectivity index (χ1n) is 5.71. The Bertz CT molecular complexity index is 707. The van der Waals surface area contributed by atoms with Crippen LogP contribution in [0.3, 0.4) is 0 Å². The van der Waals surface area contributed by atoms with Gasteiger partial charge in [-0.25, -0.2) is 9.29 Å². The van der Waals surface area contributed by atoms with Gasteiger partial charge in [-0.05, 0) is 12.1 Å². The van der Waals surface area contributed by atoms with E-state index < -0.39 is 28.2 Å². The molecule has 2 rings (SSSR count). The number of thioether (sulfide) groups is 1. The fourth-order valence-corrected chi connectivity index (χ4v) is 3.67. The van der Waals surface area contributed by atoms with Gasteiger partial charge in [0.15, 0.2) is 0 Å². The number of β-lactam (4-membered cyclic amide) rings is 1. The lowest BCUT2D eigenvalue weighted by atomic mass is 10.1. The largest absolute Gasteiger partial charge is 0.362 e. The third kappa shape index (κ3) is 4.23. The summed E-state index contributed by atoms with van der Waals surface area (Å²) < 4.78 is 30.5. The molecule has 0 radical (unpaired) electrons. The molecule has 2 heterocycles. The van der Waals surface area contributed by atoms with E-state index in [1.807, 2.05) is 0 Å². The maximum Gasteiger partial charge on any atom is 0.362 e. The number of aromatic nitrogens is 1. The van der Waals surface area contributed by atoms with Gasteiger partial charge in [-0.3, -0.25) is 14.1 Å². The molecule has 1 atom stereocenters. The summed E-state index contributed by atoms with van der Waals surface area (Å²) in [5, 5.41) is 2.74. The third-order valence-electron chi connectivity index (χ3n) is 2.61. The highest BCUT2D eigenvalue weighted by Gasteiger charge is 2.44. The Morgan fingerprint density at radius 2 is 2.05 bits per heavy atom. The summed E-state index contributed by atoms with van der Waals surface area (Å²) in [7, 11) is -4.56. The van der Waals surface area contributed by atoms with Crippen molar-refractivity contribution in [2.45, 2.75) is 10.9 Å². The van der Waals surface area contributed by atoms with E-state index in [1.165, 1.54) is 12.1 Å². The predicted molar refractivity (Wildman–Crippen MR) is 80.2 cm³/mol. The van der Waals surface area contributed by atoms with Crippen LogP contribution in [0.5, 0.6) is 0 Å². The van der Waals surface area contributed by atoms with Crippen molar-refractivity contribution in [1.82, 2.24) is 14.6 Å². The highest BCUT2D eigenvalue weighted by molar-refractivity contribution is 8.00. The Morgan fingerprint density at radius 3 is 2.55 bits per heavy atom. The molecular formula is C10H9Cl2N3O5S2. The lowest BCUT2D eigenvalue weighted by Crippen LogP contribution is -2.65. The number of nitrogens with zero attached hydrogens (tertiary/aromatic N) is 2. The summed E-state index contributed by atoms with van der Waals surface area (Å²) in [5.74, 6) is -1.37. The van der Waals surface area contributed by atoms with Crippen molar-refractivity contribution in [3.63, 3.8) is 0 Å². The summed E-state index contributed by atoms with van der Waals surface area (Å²) in [6, 6.07) is 2.10. The molecule has 1 saturated heterocycles. The van der Waals surface area contributed by atoms with E-state index in [9.17, 15) is 18.0 Å². The molecule has 0 aromatic carbocycles. The van der Waals surface area contributed by atoms with Crippen LogP contribution in [-0.2, 0) is 19.9 Å². The van der Waals surface area contributed by atoms with Crippen LogP contribution in [0.1, 0.15) is 0 Å². The molecule has 1 aromatic heterocycles. The van der Waals surface area contributed by atoms with E-state index in [4.69, 9.17) is 27.8 Å². The van der Waals surface area contributed by atoms with Gasteiger partial charge in [-0.2, -0.15) is 8.42 Å². The molecule has 1 fully saturated rings. The molecule has 0 spiro atoms. The summed E-state index contributed by atoms with van der Waals surface area (Å²) in [4.78, 5) is 27.5. The van der Waals surface area contributed by atoms with Crippen LogP contribution in [0.2, 0.25) is 10.3 Å². The molecule has 0 unspecified atom stereocenters. The average molecular weight is 386 g/mol. The van der Waals surface area contributed by atoms with E-state index in [2.05, 4.69) is 10.3 Å². The maximum absolute atomic E-state index is 11.7. The molecule has 8 nitrogen and oxygen atoms in total. The summed E-state index contributed by atoms with van der Waals surface area (Å²) in [6.07, 6.45) is 0. The number of carbonyl (C=O) groups is 2. The predicted octanol–water partition coefficient (Wildman–Crippen LogP) is 0.610. The second-order valence-corrected chi connectivity index (χ2v) is 7.36. The van der Waals surface area contributed by atoms with Crippen molar-refractivity contribution < 1.29 is 22.6 Å². The van der Waals surface area contributed by atoms with Crippen LogP contribution in [0.25, 0.3) is 0 Å². The highest BCUT2D eigenvalue weighted by atomic mass is 35.5. The second-order valence-electron chi connectivity index (χ2n) is 4.20. The van der Waals surface area contributed by atoms with E-state index in [1.54, 1.807) is 0 Å². The van der Waals surface area contributed by atoms with Crippen LogP contribution in [-0.4, -0.2) is 52.4 Å². The number of hydrogen-bond acceptors (Lipinski definition) is 6. The third-order valence-corrected chi connectivity index (χ3v) is 4.86. The van der Waals surface area contributed by atoms with Crippen molar-refractivity contribution in [3.8, 4) is 0 Å². The Balaban J connectivity index is 1.83. The minimum absolute atomic E-state index is 0.0215. The van der Waals surface area contributed by atoms with Crippen molar-refractivity contribution in [1.29, 1.82) is 0 Å². The molecule has 0 aliphatic carbocycles. The monoisotopic (exact) mass is 385 g/mol. The summed E-state index contributed by atoms with van der Waals surface area (Å²) >= 11 is 12.6. The number of hydrogen-bond donors (Lipinski definition) is 2. The van der Waals surface area contributed by atoms with Gasteiger partial charge in [0, 0.05) is 4.90 Å². The van der Waals surface area contributed by atoms with E-state index in [-0.39, 0.29) is 26.9 Å². The van der Waals surface area contributed by atoms with Gasteiger partial charge in [0.05, 0.1) is 12.3 Å². The summed E-state index contributed by atoms with van der Waals surface area (Å²) in [6.45, 7) is -0.291. The number of nitrogens with one attached hydrogen (secondary N) is 1.